The number of benzene rings is 1. The van der Waals surface area contributed by atoms with E-state index in [4.69, 9.17) is 21.9 Å². The molecular formula is C20H22ClN3O2. The molecule has 0 fully saturated rings. The van der Waals surface area contributed by atoms with Crippen molar-refractivity contribution in [2.24, 2.45) is 5.92 Å². The molecule has 26 heavy (non-hydrogen) atoms. The fraction of sp³-hybridized carbons (Fsp3) is 0.350. The first-order valence-electron chi connectivity index (χ1n) is 9.03. The molecule has 2 aromatic heterocycles. The molecule has 1 unspecified atom stereocenters. The summed E-state index contributed by atoms with van der Waals surface area (Å²) >= 11 is 5.83. The van der Waals surface area contributed by atoms with Crippen molar-refractivity contribution in [3.05, 3.63) is 52.4 Å². The largest absolute Gasteiger partial charge is 0.447 e. The predicted octanol–water partition coefficient (Wildman–Crippen LogP) is 4.76. The number of hydrogen-bond acceptors (Lipinski definition) is 3. The van der Waals surface area contributed by atoms with Gasteiger partial charge in [0.2, 0.25) is 5.88 Å². The maximum Gasteiger partial charge on any atom is 0.257 e. The van der Waals surface area contributed by atoms with Gasteiger partial charge in [0.05, 0.1) is 10.5 Å². The van der Waals surface area contributed by atoms with Crippen LogP contribution >= 0.6 is 11.6 Å². The molecule has 4 rings (SSSR count). The number of amides is 1. The standard InChI is InChI=1S/C20H22ClN3O2/c1-2-3-12-4-6-17-15(8-12)16-9-13(5-7-18(16)24(17)22)20(25)23-19-10-14(21)11-26-19/h5,7,9-12H,2-4,6,8,22H2,1H3,(H,23,25). The van der Waals surface area contributed by atoms with Crippen molar-refractivity contribution in [3.8, 4) is 0 Å². The lowest BCUT2D eigenvalue weighted by Crippen LogP contribution is -2.19. The highest BCUT2D eigenvalue weighted by atomic mass is 35.5. The van der Waals surface area contributed by atoms with Crippen LogP contribution in [0.15, 0.2) is 34.9 Å². The number of halogens is 1. The molecule has 3 N–H and O–H groups in total. The highest BCUT2D eigenvalue weighted by Crippen LogP contribution is 2.35. The van der Waals surface area contributed by atoms with Gasteiger partial charge in [-0.25, -0.2) is 0 Å². The van der Waals surface area contributed by atoms with Gasteiger partial charge >= 0.3 is 0 Å². The Hall–Kier alpha value is -2.40. The number of rotatable bonds is 4. The van der Waals surface area contributed by atoms with Gasteiger partial charge in [-0.1, -0.05) is 31.4 Å². The highest BCUT2D eigenvalue weighted by Gasteiger charge is 2.25. The number of nitrogen functional groups attached to an aromatic ring is 1. The lowest BCUT2D eigenvalue weighted by Gasteiger charge is -2.22. The minimum Gasteiger partial charge on any atom is -0.447 e. The SMILES string of the molecule is CCCC1CCc2c(c3cc(C(=O)Nc4cc(Cl)co4)ccc3n2N)C1. The average molecular weight is 372 g/mol. The molecule has 0 bridgehead atoms. The number of nitrogens with two attached hydrogens (primary N) is 1. The van der Waals surface area contributed by atoms with E-state index in [1.807, 2.05) is 12.1 Å². The summed E-state index contributed by atoms with van der Waals surface area (Å²) in [6, 6.07) is 7.23. The van der Waals surface area contributed by atoms with Crippen LogP contribution < -0.4 is 11.2 Å². The molecule has 0 radical (unpaired) electrons. The second-order valence-electron chi connectivity index (χ2n) is 7.01. The van der Waals surface area contributed by atoms with E-state index in [2.05, 4.69) is 12.2 Å². The molecule has 1 aromatic carbocycles. The number of hydrogen-bond donors (Lipinski definition) is 2. The third-order valence-corrected chi connectivity index (χ3v) is 5.46. The van der Waals surface area contributed by atoms with E-state index in [-0.39, 0.29) is 5.91 Å². The van der Waals surface area contributed by atoms with Crippen molar-refractivity contribution in [1.82, 2.24) is 4.68 Å². The molecule has 5 nitrogen and oxygen atoms in total. The van der Waals surface area contributed by atoms with Gasteiger partial charge in [-0.15, -0.1) is 0 Å². The Balaban J connectivity index is 1.68. The maximum atomic E-state index is 12.6. The third-order valence-electron chi connectivity index (χ3n) is 5.27. The number of carbonyl (C=O) groups is 1. The minimum atomic E-state index is -0.225. The van der Waals surface area contributed by atoms with Crippen molar-refractivity contribution in [3.63, 3.8) is 0 Å². The van der Waals surface area contributed by atoms with Crippen LogP contribution in [0, 0.1) is 5.92 Å². The average Bonchev–Trinajstić information content (AvgIpc) is 3.16. The molecule has 0 saturated heterocycles. The molecule has 1 atom stereocenters. The van der Waals surface area contributed by atoms with Crippen LogP contribution in [0.5, 0.6) is 0 Å². The summed E-state index contributed by atoms with van der Waals surface area (Å²) in [7, 11) is 0. The van der Waals surface area contributed by atoms with Gasteiger partial charge in [-0.05, 0) is 48.9 Å². The number of fused-ring (bicyclic) bond motifs is 3. The number of nitrogens with zero attached hydrogens (tertiary/aromatic N) is 1. The first-order valence-corrected chi connectivity index (χ1v) is 9.41. The number of furan rings is 1. The molecule has 2 heterocycles. The molecule has 3 aromatic rings. The lowest BCUT2D eigenvalue weighted by molar-refractivity contribution is 0.102. The summed E-state index contributed by atoms with van der Waals surface area (Å²) in [5.74, 6) is 7.12. The Morgan fingerprint density at radius 1 is 1.42 bits per heavy atom. The predicted molar refractivity (Wildman–Crippen MR) is 104 cm³/mol. The number of nitrogens with one attached hydrogen (secondary N) is 1. The van der Waals surface area contributed by atoms with Crippen LogP contribution in [0.4, 0.5) is 5.88 Å². The number of anilines is 1. The maximum absolute atomic E-state index is 12.6. The molecule has 0 spiro atoms. The number of carbonyl (C=O) groups excluding carboxylic acids is 1. The minimum absolute atomic E-state index is 0.225. The second kappa shape index (κ2) is 6.72. The third kappa shape index (κ3) is 2.97. The highest BCUT2D eigenvalue weighted by molar-refractivity contribution is 6.30. The summed E-state index contributed by atoms with van der Waals surface area (Å²) in [5.41, 5.74) is 4.05. The van der Waals surface area contributed by atoms with Gasteiger partial charge in [-0.3, -0.25) is 14.8 Å². The first-order chi connectivity index (χ1) is 12.6. The van der Waals surface area contributed by atoms with Gasteiger partial charge < -0.3 is 10.3 Å². The molecule has 0 saturated carbocycles. The first kappa shape index (κ1) is 17.0. The number of aromatic nitrogens is 1. The van der Waals surface area contributed by atoms with Crippen molar-refractivity contribution in [1.29, 1.82) is 0 Å². The fourth-order valence-corrected chi connectivity index (χ4v) is 4.17. The quantitative estimate of drug-likeness (QED) is 0.649. The summed E-state index contributed by atoms with van der Waals surface area (Å²) in [6.07, 6.45) is 7.02. The van der Waals surface area contributed by atoms with E-state index in [1.54, 1.807) is 16.8 Å². The monoisotopic (exact) mass is 371 g/mol. The zero-order valence-electron chi connectivity index (χ0n) is 14.7. The molecule has 1 aliphatic carbocycles. The van der Waals surface area contributed by atoms with E-state index in [9.17, 15) is 4.79 Å². The summed E-state index contributed by atoms with van der Waals surface area (Å²) in [4.78, 5) is 12.6. The second-order valence-corrected chi connectivity index (χ2v) is 7.44. The van der Waals surface area contributed by atoms with Crippen molar-refractivity contribution >= 4 is 34.3 Å². The van der Waals surface area contributed by atoms with Crippen molar-refractivity contribution in [2.75, 3.05) is 11.2 Å². The summed E-state index contributed by atoms with van der Waals surface area (Å²) in [5, 5.41) is 4.26. The van der Waals surface area contributed by atoms with Crippen LogP contribution in [-0.2, 0) is 12.8 Å². The van der Waals surface area contributed by atoms with Gasteiger partial charge in [-0.2, -0.15) is 0 Å². The Kier molecular flexibility index (Phi) is 4.41. The van der Waals surface area contributed by atoms with Crippen LogP contribution in [0.3, 0.4) is 0 Å². The molecule has 0 aliphatic heterocycles. The van der Waals surface area contributed by atoms with Gasteiger partial charge in [0.1, 0.15) is 6.26 Å². The zero-order chi connectivity index (χ0) is 18.3. The van der Waals surface area contributed by atoms with Crippen LogP contribution in [0.25, 0.3) is 10.9 Å². The smallest absolute Gasteiger partial charge is 0.257 e. The Morgan fingerprint density at radius 3 is 3.00 bits per heavy atom. The van der Waals surface area contributed by atoms with E-state index in [0.717, 1.165) is 23.7 Å². The van der Waals surface area contributed by atoms with Crippen LogP contribution in [0.2, 0.25) is 5.02 Å². The Labute approximate surface area is 157 Å². The van der Waals surface area contributed by atoms with Gasteiger partial charge in [0.15, 0.2) is 0 Å². The van der Waals surface area contributed by atoms with Gasteiger partial charge in [0, 0.05) is 22.7 Å². The van der Waals surface area contributed by atoms with E-state index in [0.29, 0.717) is 22.4 Å². The zero-order valence-corrected chi connectivity index (χ0v) is 15.5. The summed E-state index contributed by atoms with van der Waals surface area (Å²) < 4.78 is 6.98. The van der Waals surface area contributed by atoms with Gasteiger partial charge in [0.25, 0.3) is 5.91 Å². The van der Waals surface area contributed by atoms with Crippen LogP contribution in [-0.4, -0.2) is 10.6 Å². The van der Waals surface area contributed by atoms with E-state index in [1.165, 1.54) is 36.8 Å². The molecule has 6 heteroatoms. The lowest BCUT2D eigenvalue weighted by atomic mass is 9.84. The Bertz CT molecular complexity index is 973. The fourth-order valence-electron chi connectivity index (χ4n) is 4.02. The summed E-state index contributed by atoms with van der Waals surface area (Å²) in [6.45, 7) is 2.23. The normalized spacial score (nSPS) is 16.6. The molecule has 1 amide bonds. The van der Waals surface area contributed by atoms with Crippen LogP contribution in [0.1, 0.15) is 47.8 Å². The topological polar surface area (TPSA) is 73.2 Å². The molecular weight excluding hydrogens is 350 g/mol. The Morgan fingerprint density at radius 2 is 2.27 bits per heavy atom. The molecule has 136 valence electrons. The van der Waals surface area contributed by atoms with E-state index >= 15 is 0 Å². The van der Waals surface area contributed by atoms with Crippen molar-refractivity contribution in [2.45, 2.75) is 39.0 Å². The molecule has 1 aliphatic rings. The van der Waals surface area contributed by atoms with E-state index < -0.39 is 0 Å². The van der Waals surface area contributed by atoms with Crippen molar-refractivity contribution < 1.29 is 9.21 Å².